The van der Waals surface area contributed by atoms with Crippen LogP contribution in [-0.4, -0.2) is 49.1 Å². The smallest absolute Gasteiger partial charge is 0.229 e. The van der Waals surface area contributed by atoms with Crippen molar-refractivity contribution in [2.75, 3.05) is 33.4 Å². The van der Waals surface area contributed by atoms with Gasteiger partial charge in [-0.3, -0.25) is 9.69 Å². The van der Waals surface area contributed by atoms with Crippen LogP contribution in [0.3, 0.4) is 0 Å². The number of aromatic nitrogens is 1. The number of amides is 1. The highest BCUT2D eigenvalue weighted by atomic mass is 19.1. The zero-order valence-electron chi connectivity index (χ0n) is 15.8. The van der Waals surface area contributed by atoms with Gasteiger partial charge < -0.3 is 14.5 Å². The third kappa shape index (κ3) is 4.93. The van der Waals surface area contributed by atoms with E-state index in [0.717, 1.165) is 31.6 Å². The number of hydrogen-bond donors (Lipinski definition) is 1. The molecule has 0 aliphatic carbocycles. The Bertz CT molecular complexity index is 770. The Morgan fingerprint density at radius 2 is 2.11 bits per heavy atom. The molecule has 2 heterocycles. The molecule has 1 aliphatic heterocycles. The summed E-state index contributed by atoms with van der Waals surface area (Å²) in [6.07, 6.45) is 1.63. The first-order valence-electron chi connectivity index (χ1n) is 9.28. The lowest BCUT2D eigenvalue weighted by atomic mass is 9.96. The number of likely N-dealkylation sites (tertiary alicyclic amines) is 1. The third-order valence-electron chi connectivity index (χ3n) is 4.93. The van der Waals surface area contributed by atoms with E-state index in [0.29, 0.717) is 36.9 Å². The van der Waals surface area contributed by atoms with Crippen LogP contribution >= 0.6 is 0 Å². The number of halogens is 1. The summed E-state index contributed by atoms with van der Waals surface area (Å²) in [7, 11) is 1.62. The molecule has 1 N–H and O–H groups in total. The topological polar surface area (TPSA) is 67.6 Å². The molecule has 0 saturated carbocycles. The van der Waals surface area contributed by atoms with Crippen LogP contribution in [0.1, 0.15) is 24.3 Å². The molecule has 7 heteroatoms. The number of carbonyl (C=O) groups excluding carboxylic acids is 1. The maximum Gasteiger partial charge on any atom is 0.229 e. The predicted molar refractivity (Wildman–Crippen MR) is 99.5 cm³/mol. The van der Waals surface area contributed by atoms with Gasteiger partial charge in [-0.25, -0.2) is 9.37 Å². The van der Waals surface area contributed by atoms with Crippen molar-refractivity contribution in [2.24, 2.45) is 5.92 Å². The van der Waals surface area contributed by atoms with Crippen LogP contribution in [0.5, 0.6) is 0 Å². The Kier molecular flexibility index (Phi) is 6.58. The van der Waals surface area contributed by atoms with Crippen molar-refractivity contribution in [3.63, 3.8) is 0 Å². The molecule has 0 bridgehead atoms. The first-order chi connectivity index (χ1) is 13.1. The number of oxazole rings is 1. The van der Waals surface area contributed by atoms with Crippen LogP contribution in [0.25, 0.3) is 11.5 Å². The lowest BCUT2D eigenvalue weighted by Gasteiger charge is -2.30. The van der Waals surface area contributed by atoms with E-state index in [2.05, 4.69) is 15.2 Å². The minimum absolute atomic E-state index is 0.0467. The average molecular weight is 375 g/mol. The molecule has 3 rings (SSSR count). The van der Waals surface area contributed by atoms with Crippen LogP contribution in [0.15, 0.2) is 28.7 Å². The molecule has 2 aromatic rings. The molecule has 0 radical (unpaired) electrons. The fraction of sp³-hybridized carbons (Fsp3) is 0.500. The van der Waals surface area contributed by atoms with E-state index < -0.39 is 0 Å². The lowest BCUT2D eigenvalue weighted by molar-refractivity contribution is -0.126. The lowest BCUT2D eigenvalue weighted by Crippen LogP contribution is -2.41. The predicted octanol–water partition coefficient (Wildman–Crippen LogP) is 2.76. The maximum atomic E-state index is 13.9. The summed E-state index contributed by atoms with van der Waals surface area (Å²) in [6, 6.07) is 6.47. The number of nitrogens with zero attached hydrogens (tertiary/aromatic N) is 2. The van der Waals surface area contributed by atoms with Crippen molar-refractivity contribution in [1.82, 2.24) is 15.2 Å². The van der Waals surface area contributed by atoms with E-state index in [1.165, 1.54) is 6.07 Å². The largest absolute Gasteiger partial charge is 0.441 e. The van der Waals surface area contributed by atoms with Crippen molar-refractivity contribution >= 4 is 5.91 Å². The zero-order valence-corrected chi connectivity index (χ0v) is 15.8. The number of methoxy groups -OCH3 is 1. The van der Waals surface area contributed by atoms with Gasteiger partial charge in [0.05, 0.1) is 17.9 Å². The first kappa shape index (κ1) is 19.5. The highest BCUT2D eigenvalue weighted by molar-refractivity contribution is 5.78. The fourth-order valence-electron chi connectivity index (χ4n) is 3.31. The molecule has 0 unspecified atom stereocenters. The van der Waals surface area contributed by atoms with E-state index in [9.17, 15) is 9.18 Å². The number of carbonyl (C=O) groups is 1. The van der Waals surface area contributed by atoms with Crippen molar-refractivity contribution in [3.05, 3.63) is 41.5 Å². The zero-order chi connectivity index (χ0) is 19.2. The molecule has 1 aromatic heterocycles. The minimum Gasteiger partial charge on any atom is -0.441 e. The molecule has 6 nitrogen and oxygen atoms in total. The molecule has 1 amide bonds. The molecule has 1 aliphatic rings. The summed E-state index contributed by atoms with van der Waals surface area (Å²) in [5, 5.41) is 2.91. The Labute approximate surface area is 158 Å². The van der Waals surface area contributed by atoms with Crippen LogP contribution in [0.2, 0.25) is 0 Å². The summed E-state index contributed by atoms with van der Waals surface area (Å²) in [5.74, 6) is 0.822. The van der Waals surface area contributed by atoms with E-state index >= 15 is 0 Å². The number of hydrogen-bond acceptors (Lipinski definition) is 5. The Morgan fingerprint density at radius 1 is 1.37 bits per heavy atom. The van der Waals surface area contributed by atoms with Gasteiger partial charge in [-0.05, 0) is 45.0 Å². The summed E-state index contributed by atoms with van der Waals surface area (Å²) < 4.78 is 24.6. The van der Waals surface area contributed by atoms with Crippen LogP contribution in [0.4, 0.5) is 4.39 Å². The molecule has 146 valence electrons. The van der Waals surface area contributed by atoms with E-state index in [-0.39, 0.29) is 17.6 Å². The second-order valence-corrected chi connectivity index (χ2v) is 6.84. The monoisotopic (exact) mass is 375 g/mol. The van der Waals surface area contributed by atoms with E-state index in [1.54, 1.807) is 25.3 Å². The molecule has 1 aromatic carbocycles. The van der Waals surface area contributed by atoms with Gasteiger partial charge >= 0.3 is 0 Å². The fourth-order valence-corrected chi connectivity index (χ4v) is 3.31. The van der Waals surface area contributed by atoms with Crippen molar-refractivity contribution in [1.29, 1.82) is 0 Å². The summed E-state index contributed by atoms with van der Waals surface area (Å²) in [5.41, 5.74) is 1.19. The highest BCUT2D eigenvalue weighted by Crippen LogP contribution is 2.26. The molecular weight excluding hydrogens is 349 g/mol. The van der Waals surface area contributed by atoms with Crippen molar-refractivity contribution < 1.29 is 18.3 Å². The van der Waals surface area contributed by atoms with Crippen molar-refractivity contribution in [2.45, 2.75) is 26.3 Å². The number of ether oxygens (including phenoxy) is 1. The molecule has 1 fully saturated rings. The normalized spacial score (nSPS) is 15.8. The van der Waals surface area contributed by atoms with Gasteiger partial charge in [-0.15, -0.1) is 0 Å². The Balaban J connectivity index is 1.55. The average Bonchev–Trinajstić information content (AvgIpc) is 3.03. The summed E-state index contributed by atoms with van der Waals surface area (Å²) in [4.78, 5) is 18.9. The molecule has 1 saturated heterocycles. The molecule has 0 spiro atoms. The number of nitrogens with one attached hydrogen (secondary N) is 1. The number of rotatable bonds is 7. The van der Waals surface area contributed by atoms with Gasteiger partial charge in [0, 0.05) is 26.1 Å². The SMILES string of the molecule is COCCNC(=O)C1CCN(Cc2nc(-c3ccccc3F)oc2C)CC1. The van der Waals surface area contributed by atoms with Crippen LogP contribution < -0.4 is 5.32 Å². The highest BCUT2D eigenvalue weighted by Gasteiger charge is 2.26. The Morgan fingerprint density at radius 3 is 2.81 bits per heavy atom. The molecule has 27 heavy (non-hydrogen) atoms. The van der Waals surface area contributed by atoms with E-state index in [4.69, 9.17) is 9.15 Å². The van der Waals surface area contributed by atoms with Gasteiger partial charge in [0.2, 0.25) is 11.8 Å². The quantitative estimate of drug-likeness (QED) is 0.754. The number of aryl methyl sites for hydroxylation is 1. The molecule has 0 atom stereocenters. The molecular formula is C20H26FN3O3. The Hall–Kier alpha value is -2.25. The van der Waals surface area contributed by atoms with Crippen LogP contribution in [0, 0.1) is 18.7 Å². The maximum absolute atomic E-state index is 13.9. The summed E-state index contributed by atoms with van der Waals surface area (Å²) >= 11 is 0. The van der Waals surface area contributed by atoms with Gasteiger partial charge in [-0.2, -0.15) is 0 Å². The second-order valence-electron chi connectivity index (χ2n) is 6.84. The second kappa shape index (κ2) is 9.10. The van der Waals surface area contributed by atoms with Gasteiger partial charge in [0.1, 0.15) is 11.6 Å². The van der Waals surface area contributed by atoms with Crippen LogP contribution in [-0.2, 0) is 16.1 Å². The summed E-state index contributed by atoms with van der Waals surface area (Å²) in [6.45, 7) is 5.21. The number of piperidine rings is 1. The van der Waals surface area contributed by atoms with Crippen molar-refractivity contribution in [3.8, 4) is 11.5 Å². The number of benzene rings is 1. The van der Waals surface area contributed by atoms with Gasteiger partial charge in [0.25, 0.3) is 0 Å². The first-order valence-corrected chi connectivity index (χ1v) is 9.28. The van der Waals surface area contributed by atoms with E-state index in [1.807, 2.05) is 6.92 Å². The minimum atomic E-state index is -0.342. The standard InChI is InChI=1S/C20H26FN3O3/c1-14-18(23-20(27-14)16-5-3-4-6-17(16)21)13-24-10-7-15(8-11-24)19(25)22-9-12-26-2/h3-6,15H,7-13H2,1-2H3,(H,22,25). The third-order valence-corrected chi connectivity index (χ3v) is 4.93. The van der Waals surface area contributed by atoms with Gasteiger partial charge in [0.15, 0.2) is 0 Å². The van der Waals surface area contributed by atoms with Gasteiger partial charge in [-0.1, -0.05) is 12.1 Å².